The van der Waals surface area contributed by atoms with Gasteiger partial charge in [0.05, 0.1) is 70.5 Å². The molecule has 1 fully saturated rings. The summed E-state index contributed by atoms with van der Waals surface area (Å²) in [4.78, 5) is 0. The zero-order valence-electron chi connectivity index (χ0n) is 33.3. The summed E-state index contributed by atoms with van der Waals surface area (Å²) >= 11 is 0. The first-order valence-corrected chi connectivity index (χ1v) is 19.7. The number of rotatable bonds is 8. The Balaban J connectivity index is 0.932. The molecule has 0 aliphatic heterocycles. The molecule has 66 heavy (non-hydrogen) atoms. The van der Waals surface area contributed by atoms with Gasteiger partial charge < -0.3 is 0 Å². The van der Waals surface area contributed by atoms with Gasteiger partial charge in [-0.25, -0.2) is 18.7 Å². The zero-order chi connectivity index (χ0) is 46.8. The molecule has 0 N–H and O–H groups in total. The lowest BCUT2D eigenvalue weighted by Crippen LogP contribution is -2.27. The first kappa shape index (κ1) is 43.8. The molecule has 340 valence electrons. The Morgan fingerprint density at radius 3 is 1.00 bits per heavy atom. The lowest BCUT2D eigenvalue weighted by molar-refractivity contribution is -0.144. The Morgan fingerprint density at radius 1 is 0.379 bits per heavy atom. The Hall–Kier alpha value is -7.40. The first-order chi connectivity index (χ1) is 31.2. The largest absolute Gasteiger partial charge is 0.416 e. The van der Waals surface area contributed by atoms with E-state index >= 15 is 0 Å². The summed E-state index contributed by atoms with van der Waals surface area (Å²) < 4.78 is 167. The Morgan fingerprint density at radius 2 is 0.682 bits per heavy atom. The second kappa shape index (κ2) is 16.2. The highest BCUT2D eigenvalue weighted by Crippen LogP contribution is 2.41. The summed E-state index contributed by atoms with van der Waals surface area (Å²) in [5, 5.41) is 33.2. The van der Waals surface area contributed by atoms with Gasteiger partial charge >= 0.3 is 24.7 Å². The summed E-state index contributed by atoms with van der Waals surface area (Å²) in [6.07, 6.45) is -11.1. The van der Waals surface area contributed by atoms with Crippen molar-refractivity contribution in [2.45, 2.75) is 62.5 Å². The van der Waals surface area contributed by atoms with Gasteiger partial charge in [0.1, 0.15) is 22.8 Å². The number of alkyl halides is 12. The maximum atomic E-state index is 13.5. The van der Waals surface area contributed by atoms with Gasteiger partial charge in [-0.15, -0.1) is 20.4 Å². The normalized spacial score (nSPS) is 16.2. The quantitative estimate of drug-likeness (QED) is 0.138. The van der Waals surface area contributed by atoms with Crippen LogP contribution in [0.25, 0.3) is 56.4 Å². The van der Waals surface area contributed by atoms with Crippen LogP contribution in [0.1, 0.15) is 60.0 Å². The fourth-order valence-corrected chi connectivity index (χ4v) is 7.71. The highest BCUT2D eigenvalue weighted by atomic mass is 19.4. The molecule has 1 aliphatic carbocycles. The van der Waals surface area contributed by atoms with E-state index in [0.29, 0.717) is 70.7 Å². The van der Waals surface area contributed by atoms with Crippen LogP contribution in [0.15, 0.2) is 110 Å². The monoisotopic (exact) mass is 928 g/mol. The van der Waals surface area contributed by atoms with Crippen molar-refractivity contribution in [3.05, 3.63) is 132 Å². The molecule has 0 unspecified atom stereocenters. The number of benzene rings is 4. The Kier molecular flexibility index (Phi) is 10.8. The first-order valence-electron chi connectivity index (χ1n) is 19.7. The fraction of sp³-hybridized carbons (Fsp3) is 0.238. The second-order valence-corrected chi connectivity index (χ2v) is 15.4. The maximum Gasteiger partial charge on any atom is 0.416 e. The van der Waals surface area contributed by atoms with E-state index in [9.17, 15) is 52.7 Å². The lowest BCUT2D eigenvalue weighted by Gasteiger charge is -2.31. The van der Waals surface area contributed by atoms with Crippen LogP contribution in [0, 0.1) is 0 Å². The molecule has 24 heteroatoms. The molecule has 4 heterocycles. The maximum absolute atomic E-state index is 13.5. The minimum absolute atomic E-state index is 0.0292. The third kappa shape index (κ3) is 8.98. The predicted octanol–water partition coefficient (Wildman–Crippen LogP) is 11.1. The summed E-state index contributed by atoms with van der Waals surface area (Å²) in [6, 6.07) is 15.3. The van der Waals surface area contributed by atoms with E-state index in [1.165, 1.54) is 12.4 Å². The summed E-state index contributed by atoms with van der Waals surface area (Å²) in [7, 11) is 0. The highest BCUT2D eigenvalue weighted by molar-refractivity contribution is 5.70. The van der Waals surface area contributed by atoms with Crippen LogP contribution >= 0.6 is 0 Å². The minimum Gasteiger partial charge on any atom is -0.247 e. The molecule has 4 aromatic carbocycles. The summed E-state index contributed by atoms with van der Waals surface area (Å²) in [6.45, 7) is 0. The van der Waals surface area contributed by atoms with Crippen molar-refractivity contribution in [1.82, 2.24) is 60.0 Å². The Labute approximate surface area is 363 Å². The molecule has 0 amide bonds. The van der Waals surface area contributed by atoms with Crippen LogP contribution in [0.4, 0.5) is 52.7 Å². The number of aromatic nitrogens is 12. The molecule has 9 rings (SSSR count). The molecule has 1 saturated carbocycles. The number of hydrogen-bond donors (Lipinski definition) is 0. The number of halogens is 12. The molecular formula is C42H28F12N12. The third-order valence-corrected chi connectivity index (χ3v) is 11.0. The van der Waals surface area contributed by atoms with E-state index in [-0.39, 0.29) is 35.6 Å². The van der Waals surface area contributed by atoms with Gasteiger partial charge in [-0.05, 0) is 61.4 Å². The van der Waals surface area contributed by atoms with Gasteiger partial charge in [-0.3, -0.25) is 0 Å². The van der Waals surface area contributed by atoms with Crippen molar-refractivity contribution >= 4 is 0 Å². The van der Waals surface area contributed by atoms with Gasteiger partial charge in [-0.1, -0.05) is 70.1 Å². The second-order valence-electron chi connectivity index (χ2n) is 15.4. The molecule has 1 aliphatic rings. The topological polar surface area (TPSA) is 123 Å². The van der Waals surface area contributed by atoms with E-state index in [0.717, 1.165) is 22.2 Å². The van der Waals surface area contributed by atoms with Crippen molar-refractivity contribution in [3.63, 3.8) is 0 Å². The van der Waals surface area contributed by atoms with Gasteiger partial charge in [-0.2, -0.15) is 52.7 Å². The minimum atomic E-state index is -5.05. The van der Waals surface area contributed by atoms with Gasteiger partial charge in [0.25, 0.3) is 0 Å². The van der Waals surface area contributed by atoms with Crippen LogP contribution < -0.4 is 0 Å². The van der Waals surface area contributed by atoms with E-state index in [2.05, 4.69) is 41.2 Å². The van der Waals surface area contributed by atoms with Crippen molar-refractivity contribution in [3.8, 4) is 56.4 Å². The molecular weight excluding hydrogens is 901 g/mol. The summed E-state index contributed by atoms with van der Waals surface area (Å²) in [5.74, 6) is 0. The van der Waals surface area contributed by atoms with Crippen LogP contribution in [0.2, 0.25) is 0 Å². The highest BCUT2D eigenvalue weighted by Gasteiger charge is 2.39. The van der Waals surface area contributed by atoms with E-state index in [4.69, 9.17) is 0 Å². The van der Waals surface area contributed by atoms with Crippen molar-refractivity contribution in [1.29, 1.82) is 0 Å². The molecule has 0 radical (unpaired) electrons. The average molecular weight is 929 g/mol. The van der Waals surface area contributed by atoms with Crippen LogP contribution in [0.3, 0.4) is 0 Å². The molecule has 2 atom stereocenters. The molecule has 0 bridgehead atoms. The van der Waals surface area contributed by atoms with Crippen molar-refractivity contribution in [2.75, 3.05) is 0 Å². The molecule has 8 aromatic rings. The molecule has 4 aromatic heterocycles. The van der Waals surface area contributed by atoms with Gasteiger partial charge in [0.15, 0.2) is 0 Å². The van der Waals surface area contributed by atoms with Gasteiger partial charge in [0.2, 0.25) is 0 Å². The van der Waals surface area contributed by atoms with Gasteiger partial charge in [0, 0.05) is 22.3 Å². The van der Waals surface area contributed by atoms with Crippen LogP contribution in [0.5, 0.6) is 0 Å². The SMILES string of the molecule is FC(F)(F)c1cc(-n2cc(-c3cccc(-c4cn([C@@H]5CCCC[C@H]5n5cc(-c6cccc(-c7cn(-c8cc(C(F)(F)F)cc(C(F)(F)F)c8)nn7)c6)nn5)nn4)c3)nn2)cc(C(F)(F)F)c1. The fourth-order valence-electron chi connectivity index (χ4n) is 7.71. The van der Waals surface area contributed by atoms with E-state index < -0.39 is 58.3 Å². The van der Waals surface area contributed by atoms with E-state index in [1.54, 1.807) is 70.3 Å². The zero-order valence-corrected chi connectivity index (χ0v) is 33.3. The molecule has 12 nitrogen and oxygen atoms in total. The average Bonchev–Trinajstić information content (AvgIpc) is 4.13. The smallest absolute Gasteiger partial charge is 0.247 e. The Bertz CT molecular complexity index is 2780. The van der Waals surface area contributed by atoms with Crippen molar-refractivity contribution < 1.29 is 52.7 Å². The lowest BCUT2D eigenvalue weighted by atomic mass is 9.90. The number of hydrogen-bond acceptors (Lipinski definition) is 8. The standard InChI is InChI=1S/C42H28F12N12/c43-39(44,45)27-13-28(40(46,47)48)16-31(15-27)63-19-33(55-59-63)23-5-3-7-25(11-23)35-21-65(61-57-35)37-9-1-2-10-38(37)66-22-36(58-62-66)26-8-4-6-24(12-26)34-20-64(60-56-34)32-17-29(41(49,50)51)14-30(18-32)42(52,53)54/h3-8,11-22,37-38H,1-2,9-10H2/t37-,38-/m1/s1. The van der Waals surface area contributed by atoms with Crippen LogP contribution in [-0.4, -0.2) is 60.0 Å². The van der Waals surface area contributed by atoms with E-state index in [1.807, 2.05) is 0 Å². The number of nitrogens with zero attached hydrogens (tertiary/aromatic N) is 12. The third-order valence-electron chi connectivity index (χ3n) is 11.0. The molecule has 0 spiro atoms. The van der Waals surface area contributed by atoms with Crippen LogP contribution in [-0.2, 0) is 24.7 Å². The molecule has 0 saturated heterocycles. The predicted molar refractivity (Wildman–Crippen MR) is 208 cm³/mol. The summed E-state index contributed by atoms with van der Waals surface area (Å²) in [5.41, 5.74) is -3.62. The van der Waals surface area contributed by atoms with Crippen molar-refractivity contribution in [2.24, 2.45) is 0 Å².